The van der Waals surface area contributed by atoms with Gasteiger partial charge in [-0.1, -0.05) is 102 Å². The van der Waals surface area contributed by atoms with E-state index < -0.39 is 24.0 Å². The molecular formula is C34H30Cl2N4O3. The zero-order chi connectivity index (χ0) is 30.2. The summed E-state index contributed by atoms with van der Waals surface area (Å²) in [6.45, 7) is 2.29. The van der Waals surface area contributed by atoms with E-state index in [0.29, 0.717) is 17.3 Å². The number of nitrogens with one attached hydrogen (secondary N) is 2. The van der Waals surface area contributed by atoms with Gasteiger partial charge in [0, 0.05) is 40.7 Å². The molecule has 218 valence electrons. The van der Waals surface area contributed by atoms with Gasteiger partial charge in [0.15, 0.2) is 6.10 Å². The molecule has 1 heterocycles. The Balaban J connectivity index is 1.30. The van der Waals surface area contributed by atoms with Crippen LogP contribution in [0.2, 0.25) is 10.0 Å². The molecule has 0 saturated heterocycles. The average Bonchev–Trinajstić information content (AvgIpc) is 3.36. The van der Waals surface area contributed by atoms with Crippen LogP contribution in [0.4, 0.5) is 0 Å². The summed E-state index contributed by atoms with van der Waals surface area (Å²) in [5.41, 5.74) is 6.59. The van der Waals surface area contributed by atoms with Gasteiger partial charge in [0.25, 0.3) is 11.8 Å². The van der Waals surface area contributed by atoms with Crippen molar-refractivity contribution in [1.82, 2.24) is 15.3 Å². The van der Waals surface area contributed by atoms with Crippen molar-refractivity contribution in [3.63, 3.8) is 0 Å². The number of hydrazone groups is 1. The fourth-order valence-corrected chi connectivity index (χ4v) is 5.15. The smallest absolute Gasteiger partial charge is 0.262 e. The third-order valence-electron chi connectivity index (χ3n) is 6.88. The molecule has 0 spiro atoms. The van der Waals surface area contributed by atoms with Gasteiger partial charge in [0.2, 0.25) is 0 Å². The van der Waals surface area contributed by atoms with Crippen molar-refractivity contribution in [2.45, 2.75) is 32.0 Å². The Morgan fingerprint density at radius 3 is 2.28 bits per heavy atom. The molecule has 1 aromatic heterocycles. The van der Waals surface area contributed by atoms with Crippen molar-refractivity contribution in [3.8, 4) is 5.75 Å². The molecule has 2 amide bonds. The summed E-state index contributed by atoms with van der Waals surface area (Å²) < 4.78 is 7.90. The Morgan fingerprint density at radius 1 is 0.884 bits per heavy atom. The quantitative estimate of drug-likeness (QED) is 0.129. The highest BCUT2D eigenvalue weighted by Crippen LogP contribution is 2.28. The van der Waals surface area contributed by atoms with Crippen molar-refractivity contribution in [3.05, 3.63) is 136 Å². The van der Waals surface area contributed by atoms with Gasteiger partial charge in [-0.25, -0.2) is 5.43 Å². The lowest BCUT2D eigenvalue weighted by atomic mass is 10.1. The molecule has 0 aliphatic rings. The standard InChI is InChI=1S/C34H30Cl2N4O3/c1-23(43-32-17-16-27(35)19-29(32)36)33(41)38-30(18-24-10-4-2-5-11-24)34(42)39-37-20-26-22-40(21-25-12-6-3-7-13-25)31-15-9-8-14-28(26)31/h2-17,19-20,22-23,30H,18,21H2,1H3,(H,38,41)(H,39,42)/b37-20-/t23-,30+/m0/s1. The molecule has 0 radical (unpaired) electrons. The molecule has 43 heavy (non-hydrogen) atoms. The number of benzene rings is 4. The molecule has 0 aliphatic heterocycles. The van der Waals surface area contributed by atoms with E-state index in [-0.39, 0.29) is 11.4 Å². The summed E-state index contributed by atoms with van der Waals surface area (Å²) in [6, 6.07) is 31.5. The van der Waals surface area contributed by atoms with Gasteiger partial charge in [0.05, 0.1) is 11.2 Å². The molecule has 2 N–H and O–H groups in total. The van der Waals surface area contributed by atoms with Crippen LogP contribution >= 0.6 is 23.2 Å². The largest absolute Gasteiger partial charge is 0.479 e. The van der Waals surface area contributed by atoms with Crippen LogP contribution in [0.15, 0.2) is 114 Å². The van der Waals surface area contributed by atoms with Crippen LogP contribution in [0.3, 0.4) is 0 Å². The average molecular weight is 614 g/mol. The van der Waals surface area contributed by atoms with Gasteiger partial charge in [-0.2, -0.15) is 5.10 Å². The molecule has 4 aromatic carbocycles. The van der Waals surface area contributed by atoms with E-state index in [1.807, 2.05) is 72.9 Å². The van der Waals surface area contributed by atoms with Crippen molar-refractivity contribution < 1.29 is 14.3 Å². The summed E-state index contributed by atoms with van der Waals surface area (Å²) in [4.78, 5) is 26.4. The maximum atomic E-state index is 13.3. The second kappa shape index (κ2) is 14.1. The zero-order valence-electron chi connectivity index (χ0n) is 23.4. The molecule has 0 saturated carbocycles. The number of hydrogen-bond donors (Lipinski definition) is 2. The lowest BCUT2D eigenvalue weighted by Gasteiger charge is -2.21. The minimum atomic E-state index is -0.927. The second-order valence-electron chi connectivity index (χ2n) is 10.0. The number of hydrogen-bond acceptors (Lipinski definition) is 4. The first-order valence-corrected chi connectivity index (χ1v) is 14.5. The molecule has 2 atom stereocenters. The maximum Gasteiger partial charge on any atom is 0.262 e. The molecular weight excluding hydrogens is 583 g/mol. The Kier molecular flexibility index (Phi) is 9.77. The van der Waals surface area contributed by atoms with E-state index in [0.717, 1.165) is 22.0 Å². The normalized spacial score (nSPS) is 12.6. The summed E-state index contributed by atoms with van der Waals surface area (Å²) in [7, 11) is 0. The third-order valence-corrected chi connectivity index (χ3v) is 7.41. The molecule has 0 unspecified atom stereocenters. The van der Waals surface area contributed by atoms with Crippen molar-refractivity contribution >= 4 is 52.1 Å². The SMILES string of the molecule is C[C@H](Oc1ccc(Cl)cc1Cl)C(=O)N[C@H](Cc1ccccc1)C(=O)N/N=C\c1cn(Cc2ccccc2)c2ccccc12. The van der Waals surface area contributed by atoms with Gasteiger partial charge in [-0.15, -0.1) is 0 Å². The van der Waals surface area contributed by atoms with E-state index in [4.69, 9.17) is 27.9 Å². The number of fused-ring (bicyclic) bond motifs is 1. The molecule has 5 rings (SSSR count). The van der Waals surface area contributed by atoms with Gasteiger partial charge in [0.1, 0.15) is 11.8 Å². The highest BCUT2D eigenvalue weighted by atomic mass is 35.5. The van der Waals surface area contributed by atoms with Gasteiger partial charge in [-0.05, 0) is 42.3 Å². The predicted octanol–water partition coefficient (Wildman–Crippen LogP) is 6.64. The zero-order valence-corrected chi connectivity index (χ0v) is 24.9. The summed E-state index contributed by atoms with van der Waals surface area (Å²) >= 11 is 12.2. The number of para-hydroxylation sites is 1. The van der Waals surface area contributed by atoms with Crippen LogP contribution in [-0.4, -0.2) is 34.7 Å². The minimum Gasteiger partial charge on any atom is -0.479 e. The molecule has 9 heteroatoms. The number of carbonyl (C=O) groups excluding carboxylic acids is 2. The van der Waals surface area contributed by atoms with E-state index in [1.165, 1.54) is 11.6 Å². The van der Waals surface area contributed by atoms with Crippen molar-refractivity contribution in [2.24, 2.45) is 5.10 Å². The number of amides is 2. The Bertz CT molecular complexity index is 1740. The lowest BCUT2D eigenvalue weighted by molar-refractivity contribution is -0.132. The number of carbonyl (C=O) groups is 2. The fraction of sp³-hybridized carbons (Fsp3) is 0.147. The molecule has 0 bridgehead atoms. The van der Waals surface area contributed by atoms with Crippen LogP contribution < -0.4 is 15.5 Å². The first-order valence-electron chi connectivity index (χ1n) is 13.8. The number of halogens is 2. The summed E-state index contributed by atoms with van der Waals surface area (Å²) in [6.07, 6.45) is 2.97. The molecule has 0 fully saturated rings. The highest BCUT2D eigenvalue weighted by molar-refractivity contribution is 6.35. The topological polar surface area (TPSA) is 84.7 Å². The van der Waals surface area contributed by atoms with Gasteiger partial charge in [-0.3, -0.25) is 9.59 Å². The number of rotatable bonds is 11. The van der Waals surface area contributed by atoms with E-state index in [9.17, 15) is 9.59 Å². The summed E-state index contributed by atoms with van der Waals surface area (Å²) in [5.74, 6) is -0.623. The van der Waals surface area contributed by atoms with Crippen LogP contribution in [0, 0.1) is 0 Å². The maximum absolute atomic E-state index is 13.3. The molecule has 7 nitrogen and oxygen atoms in total. The Morgan fingerprint density at radius 2 is 1.56 bits per heavy atom. The number of ether oxygens (including phenoxy) is 1. The Hall–Kier alpha value is -4.59. The predicted molar refractivity (Wildman–Crippen MR) is 172 cm³/mol. The first-order chi connectivity index (χ1) is 20.9. The minimum absolute atomic E-state index is 0.263. The monoisotopic (exact) mass is 612 g/mol. The van der Waals surface area contributed by atoms with Crippen molar-refractivity contribution in [2.75, 3.05) is 0 Å². The molecule has 5 aromatic rings. The van der Waals surface area contributed by atoms with Crippen LogP contribution in [0.5, 0.6) is 5.75 Å². The highest BCUT2D eigenvalue weighted by Gasteiger charge is 2.25. The van der Waals surface area contributed by atoms with Crippen LogP contribution in [0.1, 0.15) is 23.6 Å². The van der Waals surface area contributed by atoms with E-state index in [2.05, 4.69) is 38.6 Å². The number of aromatic nitrogens is 1. The Labute approximate surface area is 260 Å². The number of nitrogens with zero attached hydrogens (tertiary/aromatic N) is 2. The second-order valence-corrected chi connectivity index (χ2v) is 10.9. The summed E-state index contributed by atoms with van der Waals surface area (Å²) in [5, 5.41) is 8.81. The fourth-order valence-electron chi connectivity index (χ4n) is 4.70. The van der Waals surface area contributed by atoms with E-state index >= 15 is 0 Å². The lowest BCUT2D eigenvalue weighted by Crippen LogP contribution is -2.50. The first kappa shape index (κ1) is 29.9. The van der Waals surface area contributed by atoms with Crippen molar-refractivity contribution in [1.29, 1.82) is 0 Å². The van der Waals surface area contributed by atoms with E-state index in [1.54, 1.807) is 25.3 Å². The van der Waals surface area contributed by atoms with Gasteiger partial charge < -0.3 is 14.6 Å². The third kappa shape index (κ3) is 7.83. The molecule has 0 aliphatic carbocycles. The van der Waals surface area contributed by atoms with Gasteiger partial charge >= 0.3 is 0 Å². The van der Waals surface area contributed by atoms with Crippen LogP contribution in [0.25, 0.3) is 10.9 Å². The van der Waals surface area contributed by atoms with Crippen LogP contribution in [-0.2, 0) is 22.6 Å².